The molecular formula is C25H20ClN2O4-. The predicted octanol–water partition coefficient (Wildman–Crippen LogP) is 2.59. The molecule has 6 nitrogen and oxygen atoms in total. The smallest absolute Gasteiger partial charge is 0.268 e. The van der Waals surface area contributed by atoms with E-state index in [4.69, 9.17) is 11.6 Å². The zero-order chi connectivity index (χ0) is 22.9. The fourth-order valence-corrected chi connectivity index (χ4v) is 3.07. The Morgan fingerprint density at radius 2 is 1.47 bits per heavy atom. The molecule has 7 heteroatoms. The second-order valence-electron chi connectivity index (χ2n) is 6.96. The molecule has 0 aliphatic carbocycles. The summed E-state index contributed by atoms with van der Waals surface area (Å²) >= 11 is 5.91. The molecule has 0 saturated carbocycles. The molecule has 0 fully saturated rings. The number of hydrogen-bond acceptors (Lipinski definition) is 4. The minimum absolute atomic E-state index is 0.0375. The van der Waals surface area contributed by atoms with Crippen LogP contribution in [0.15, 0.2) is 90.6 Å². The summed E-state index contributed by atoms with van der Waals surface area (Å²) in [5.41, 5.74) is 1.56. The molecule has 1 atom stereocenters. The van der Waals surface area contributed by atoms with Crippen LogP contribution in [0.25, 0.3) is 6.08 Å². The van der Waals surface area contributed by atoms with Crippen LogP contribution in [0.3, 0.4) is 0 Å². The lowest BCUT2D eigenvalue weighted by atomic mass is 10.1. The Labute approximate surface area is 190 Å². The number of carboxylic acids is 1. The van der Waals surface area contributed by atoms with E-state index in [9.17, 15) is 19.5 Å². The Balaban J connectivity index is 1.85. The fourth-order valence-electron chi connectivity index (χ4n) is 2.95. The van der Waals surface area contributed by atoms with Crippen molar-refractivity contribution in [2.75, 3.05) is 0 Å². The number of aliphatic carboxylic acids is 1. The summed E-state index contributed by atoms with van der Waals surface area (Å²) in [6.45, 7) is 0. The van der Waals surface area contributed by atoms with Crippen LogP contribution in [-0.4, -0.2) is 23.8 Å². The molecule has 162 valence electrons. The molecule has 32 heavy (non-hydrogen) atoms. The van der Waals surface area contributed by atoms with Crippen LogP contribution in [0, 0.1) is 0 Å². The molecule has 3 aromatic carbocycles. The highest BCUT2D eigenvalue weighted by Gasteiger charge is 2.19. The number of nitrogens with one attached hydrogen (secondary N) is 2. The molecule has 0 unspecified atom stereocenters. The molecule has 0 saturated heterocycles. The van der Waals surface area contributed by atoms with Crippen molar-refractivity contribution in [2.45, 2.75) is 12.5 Å². The zero-order valence-corrected chi connectivity index (χ0v) is 17.7. The first-order valence-electron chi connectivity index (χ1n) is 9.81. The maximum absolute atomic E-state index is 13.0. The fraction of sp³-hybridized carbons (Fsp3) is 0.0800. The topological polar surface area (TPSA) is 98.3 Å². The van der Waals surface area contributed by atoms with Gasteiger partial charge < -0.3 is 20.5 Å². The van der Waals surface area contributed by atoms with Crippen LogP contribution in [0.4, 0.5) is 0 Å². The van der Waals surface area contributed by atoms with Crippen LogP contribution in [0.1, 0.15) is 21.5 Å². The molecule has 2 amide bonds. The van der Waals surface area contributed by atoms with E-state index in [-0.39, 0.29) is 12.1 Å². The Bertz CT molecular complexity index is 1110. The second-order valence-corrected chi connectivity index (χ2v) is 7.40. The maximum Gasteiger partial charge on any atom is 0.268 e. The molecule has 3 aromatic rings. The molecular weight excluding hydrogens is 428 g/mol. The van der Waals surface area contributed by atoms with Crippen LogP contribution in [-0.2, 0) is 16.0 Å². The third-order valence-corrected chi connectivity index (χ3v) is 4.83. The largest absolute Gasteiger partial charge is 0.548 e. The number of rotatable bonds is 8. The van der Waals surface area contributed by atoms with Gasteiger partial charge in [-0.3, -0.25) is 9.59 Å². The van der Waals surface area contributed by atoms with Gasteiger partial charge in [-0.15, -0.1) is 0 Å². The Morgan fingerprint density at radius 3 is 2.06 bits per heavy atom. The zero-order valence-electron chi connectivity index (χ0n) is 17.0. The molecule has 0 aliphatic rings. The van der Waals surface area contributed by atoms with Gasteiger partial charge in [0, 0.05) is 10.6 Å². The lowest BCUT2D eigenvalue weighted by molar-refractivity contribution is -0.308. The monoisotopic (exact) mass is 447 g/mol. The van der Waals surface area contributed by atoms with Crippen LogP contribution in [0.5, 0.6) is 0 Å². The van der Waals surface area contributed by atoms with Crippen molar-refractivity contribution in [1.29, 1.82) is 0 Å². The van der Waals surface area contributed by atoms with E-state index in [1.807, 2.05) is 6.07 Å². The van der Waals surface area contributed by atoms with Gasteiger partial charge in [-0.1, -0.05) is 72.3 Å². The number of carbonyl (C=O) groups is 3. The van der Waals surface area contributed by atoms with Crippen molar-refractivity contribution in [2.24, 2.45) is 0 Å². The average molecular weight is 448 g/mol. The lowest BCUT2D eigenvalue weighted by Gasteiger charge is -2.21. The molecule has 0 heterocycles. The van der Waals surface area contributed by atoms with Gasteiger partial charge in [0.05, 0.1) is 12.0 Å². The average Bonchev–Trinajstić information content (AvgIpc) is 2.80. The van der Waals surface area contributed by atoms with E-state index in [0.29, 0.717) is 16.1 Å². The molecule has 2 N–H and O–H groups in total. The number of carboxylic acid groups (broad SMARTS) is 1. The van der Waals surface area contributed by atoms with E-state index >= 15 is 0 Å². The summed E-state index contributed by atoms with van der Waals surface area (Å²) in [7, 11) is 0. The summed E-state index contributed by atoms with van der Waals surface area (Å²) < 4.78 is 0. The minimum atomic E-state index is -1.43. The first kappa shape index (κ1) is 22.8. The van der Waals surface area contributed by atoms with Crippen LogP contribution in [0.2, 0.25) is 5.02 Å². The van der Waals surface area contributed by atoms with Crippen LogP contribution >= 0.6 is 11.6 Å². The summed E-state index contributed by atoms with van der Waals surface area (Å²) in [6.07, 6.45) is 1.48. The van der Waals surface area contributed by atoms with Gasteiger partial charge in [-0.2, -0.15) is 0 Å². The van der Waals surface area contributed by atoms with Crippen molar-refractivity contribution >= 4 is 35.5 Å². The van der Waals surface area contributed by atoms with Gasteiger partial charge in [-0.25, -0.2) is 0 Å². The number of amides is 2. The van der Waals surface area contributed by atoms with Crippen LogP contribution < -0.4 is 15.7 Å². The Hall–Kier alpha value is -3.90. The van der Waals surface area contributed by atoms with Crippen molar-refractivity contribution < 1.29 is 19.5 Å². The number of benzene rings is 3. The minimum Gasteiger partial charge on any atom is -0.548 e. The van der Waals surface area contributed by atoms with Gasteiger partial charge in [0.1, 0.15) is 5.70 Å². The van der Waals surface area contributed by atoms with Crippen molar-refractivity contribution in [3.63, 3.8) is 0 Å². The molecule has 3 rings (SSSR count). The molecule has 0 radical (unpaired) electrons. The quantitative estimate of drug-likeness (QED) is 0.518. The highest BCUT2D eigenvalue weighted by atomic mass is 35.5. The van der Waals surface area contributed by atoms with Gasteiger partial charge in [-0.05, 0) is 47.9 Å². The van der Waals surface area contributed by atoms with E-state index in [1.165, 1.54) is 6.08 Å². The molecule has 0 aliphatic heterocycles. The first-order valence-corrected chi connectivity index (χ1v) is 10.2. The summed E-state index contributed by atoms with van der Waals surface area (Å²) in [5.74, 6) is -2.69. The third kappa shape index (κ3) is 6.55. The third-order valence-electron chi connectivity index (χ3n) is 4.58. The van der Waals surface area contributed by atoms with Gasteiger partial charge in [0.25, 0.3) is 11.8 Å². The number of hydrogen-bond donors (Lipinski definition) is 2. The normalized spacial score (nSPS) is 12.0. The van der Waals surface area contributed by atoms with Crippen molar-refractivity contribution in [3.05, 3.63) is 112 Å². The summed E-state index contributed by atoms with van der Waals surface area (Å²) in [6, 6.07) is 22.6. The Kier molecular flexibility index (Phi) is 7.78. The number of halogens is 1. The molecule has 0 spiro atoms. The maximum atomic E-state index is 13.0. The first-order chi connectivity index (χ1) is 15.4. The Morgan fingerprint density at radius 1 is 0.875 bits per heavy atom. The van der Waals surface area contributed by atoms with E-state index in [1.54, 1.807) is 78.9 Å². The molecule has 0 aromatic heterocycles. The predicted molar refractivity (Wildman–Crippen MR) is 120 cm³/mol. The second kappa shape index (κ2) is 10.9. The SMILES string of the molecule is O=C(N[C@@H](Cc1ccccc1)C(=O)[O-])/C(=C/c1ccc(Cl)cc1)NC(=O)c1ccccc1. The summed E-state index contributed by atoms with van der Waals surface area (Å²) in [4.78, 5) is 37.3. The highest BCUT2D eigenvalue weighted by Crippen LogP contribution is 2.13. The molecule has 0 bridgehead atoms. The van der Waals surface area contributed by atoms with E-state index in [2.05, 4.69) is 10.6 Å². The van der Waals surface area contributed by atoms with Gasteiger partial charge in [0.2, 0.25) is 0 Å². The standard InChI is InChI=1S/C25H21ClN2O4/c26-20-13-11-18(12-14-20)15-21(27-23(29)19-9-5-2-6-10-19)24(30)28-22(25(31)32)16-17-7-3-1-4-8-17/h1-15,22H,16H2,(H,27,29)(H,28,30)(H,31,32)/p-1/b21-15-/t22-/m0/s1. The van der Waals surface area contributed by atoms with Gasteiger partial charge >= 0.3 is 0 Å². The summed E-state index contributed by atoms with van der Waals surface area (Å²) in [5, 5.41) is 17.2. The lowest BCUT2D eigenvalue weighted by Crippen LogP contribution is -2.50. The van der Waals surface area contributed by atoms with Crippen molar-refractivity contribution in [1.82, 2.24) is 10.6 Å². The van der Waals surface area contributed by atoms with Crippen molar-refractivity contribution in [3.8, 4) is 0 Å². The van der Waals surface area contributed by atoms with Gasteiger partial charge in [0.15, 0.2) is 0 Å². The highest BCUT2D eigenvalue weighted by molar-refractivity contribution is 6.30. The van der Waals surface area contributed by atoms with E-state index < -0.39 is 23.8 Å². The van der Waals surface area contributed by atoms with E-state index in [0.717, 1.165) is 5.56 Å². The number of carbonyl (C=O) groups excluding carboxylic acids is 3.